The van der Waals surface area contributed by atoms with Gasteiger partial charge in [0.05, 0.1) is 25.5 Å². The molecule has 0 amide bonds. The molecule has 0 spiro atoms. The SMILES string of the molecule is COc1ccc(OC)c(COC(=O)c2ccc(-n3nccc3C)cc2)c1. The molecule has 0 aliphatic rings. The topological polar surface area (TPSA) is 62.6 Å². The first-order valence-corrected chi connectivity index (χ1v) is 8.11. The molecule has 0 atom stereocenters. The quantitative estimate of drug-likeness (QED) is 0.635. The Hall–Kier alpha value is -3.28. The van der Waals surface area contributed by atoms with Crippen LogP contribution in [0.4, 0.5) is 0 Å². The summed E-state index contributed by atoms with van der Waals surface area (Å²) in [5.74, 6) is 0.914. The van der Waals surface area contributed by atoms with Gasteiger partial charge in [-0.2, -0.15) is 5.10 Å². The summed E-state index contributed by atoms with van der Waals surface area (Å²) in [5.41, 5.74) is 3.12. The highest BCUT2D eigenvalue weighted by molar-refractivity contribution is 5.89. The van der Waals surface area contributed by atoms with Crippen LogP contribution in [0, 0.1) is 6.92 Å². The number of methoxy groups -OCH3 is 2. The Kier molecular flexibility index (Phi) is 5.22. The molecule has 0 radical (unpaired) electrons. The van der Waals surface area contributed by atoms with Crippen LogP contribution in [0.5, 0.6) is 11.5 Å². The lowest BCUT2D eigenvalue weighted by Gasteiger charge is -2.11. The number of esters is 1. The van der Waals surface area contributed by atoms with Crippen LogP contribution in [0.25, 0.3) is 5.69 Å². The van der Waals surface area contributed by atoms with Gasteiger partial charge in [0.15, 0.2) is 0 Å². The predicted octanol–water partition coefficient (Wildman–Crippen LogP) is 3.55. The molecule has 2 aromatic carbocycles. The Morgan fingerprint density at radius 3 is 2.42 bits per heavy atom. The standard InChI is InChI=1S/C20H20N2O4/c1-14-10-11-21-22(14)17-6-4-15(5-7-17)20(23)26-13-16-12-18(24-2)8-9-19(16)25-3/h4-12H,13H2,1-3H3. The highest BCUT2D eigenvalue weighted by Gasteiger charge is 2.11. The third kappa shape index (κ3) is 3.69. The van der Waals surface area contributed by atoms with Gasteiger partial charge in [0.1, 0.15) is 18.1 Å². The number of carbonyl (C=O) groups is 1. The lowest BCUT2D eigenvalue weighted by atomic mass is 10.2. The first-order valence-electron chi connectivity index (χ1n) is 8.11. The van der Waals surface area contributed by atoms with E-state index in [1.54, 1.807) is 55.4 Å². The fourth-order valence-corrected chi connectivity index (χ4v) is 2.60. The second-order valence-corrected chi connectivity index (χ2v) is 5.69. The van der Waals surface area contributed by atoms with Crippen molar-refractivity contribution in [2.45, 2.75) is 13.5 Å². The largest absolute Gasteiger partial charge is 0.497 e. The number of carbonyl (C=O) groups excluding carboxylic acids is 1. The van der Waals surface area contributed by atoms with Crippen molar-refractivity contribution < 1.29 is 19.0 Å². The smallest absolute Gasteiger partial charge is 0.338 e. The second kappa shape index (κ2) is 7.74. The van der Waals surface area contributed by atoms with Crippen molar-refractivity contribution in [1.29, 1.82) is 0 Å². The Labute approximate surface area is 151 Å². The van der Waals surface area contributed by atoms with Crippen molar-refractivity contribution in [3.63, 3.8) is 0 Å². The zero-order valence-corrected chi connectivity index (χ0v) is 14.9. The average Bonchev–Trinajstić information content (AvgIpc) is 3.11. The summed E-state index contributed by atoms with van der Waals surface area (Å²) < 4.78 is 17.7. The van der Waals surface area contributed by atoms with E-state index in [4.69, 9.17) is 14.2 Å². The summed E-state index contributed by atoms with van der Waals surface area (Å²) in [6.07, 6.45) is 1.74. The van der Waals surface area contributed by atoms with Crippen LogP contribution in [-0.4, -0.2) is 30.0 Å². The second-order valence-electron chi connectivity index (χ2n) is 5.69. The van der Waals surface area contributed by atoms with Gasteiger partial charge in [-0.25, -0.2) is 9.48 Å². The van der Waals surface area contributed by atoms with Crippen LogP contribution in [-0.2, 0) is 11.3 Å². The first kappa shape index (κ1) is 17.5. The van der Waals surface area contributed by atoms with Crippen LogP contribution in [0.15, 0.2) is 54.7 Å². The molecule has 134 valence electrons. The van der Waals surface area contributed by atoms with Crippen LogP contribution in [0.2, 0.25) is 0 Å². The third-order valence-corrected chi connectivity index (χ3v) is 4.03. The van der Waals surface area contributed by atoms with Crippen molar-refractivity contribution in [3.8, 4) is 17.2 Å². The molecule has 0 unspecified atom stereocenters. The molecule has 3 rings (SSSR count). The molecule has 0 fully saturated rings. The minimum atomic E-state index is -0.404. The molecule has 6 nitrogen and oxygen atoms in total. The fraction of sp³-hybridized carbons (Fsp3) is 0.200. The Morgan fingerprint density at radius 2 is 1.81 bits per heavy atom. The van der Waals surface area contributed by atoms with Gasteiger partial charge in [-0.05, 0) is 55.5 Å². The van der Waals surface area contributed by atoms with E-state index in [-0.39, 0.29) is 6.61 Å². The zero-order chi connectivity index (χ0) is 18.5. The van der Waals surface area contributed by atoms with Crippen molar-refractivity contribution in [3.05, 3.63) is 71.5 Å². The summed E-state index contributed by atoms with van der Waals surface area (Å²) in [6, 6.07) is 14.4. The van der Waals surface area contributed by atoms with Gasteiger partial charge in [0, 0.05) is 17.5 Å². The Morgan fingerprint density at radius 1 is 1.04 bits per heavy atom. The molecule has 0 bridgehead atoms. The molecule has 1 heterocycles. The Bertz CT molecular complexity index is 900. The number of hydrogen-bond acceptors (Lipinski definition) is 5. The summed E-state index contributed by atoms with van der Waals surface area (Å²) in [7, 11) is 3.16. The van der Waals surface area contributed by atoms with E-state index in [0.717, 1.165) is 16.9 Å². The molecule has 1 aromatic heterocycles. The summed E-state index contributed by atoms with van der Waals surface area (Å²) in [4.78, 5) is 12.3. The lowest BCUT2D eigenvalue weighted by molar-refractivity contribution is 0.0470. The zero-order valence-electron chi connectivity index (χ0n) is 14.9. The van der Waals surface area contributed by atoms with E-state index < -0.39 is 5.97 Å². The Balaban J connectivity index is 1.70. The van der Waals surface area contributed by atoms with E-state index in [1.807, 2.05) is 25.1 Å². The number of ether oxygens (including phenoxy) is 3. The van der Waals surface area contributed by atoms with Crippen molar-refractivity contribution in [2.75, 3.05) is 14.2 Å². The predicted molar refractivity (Wildman–Crippen MR) is 97.0 cm³/mol. The van der Waals surface area contributed by atoms with E-state index in [9.17, 15) is 4.79 Å². The van der Waals surface area contributed by atoms with Crippen LogP contribution in [0.1, 0.15) is 21.6 Å². The molecular weight excluding hydrogens is 332 g/mol. The van der Waals surface area contributed by atoms with Crippen LogP contribution in [0.3, 0.4) is 0 Å². The maximum Gasteiger partial charge on any atom is 0.338 e. The van der Waals surface area contributed by atoms with Gasteiger partial charge in [-0.15, -0.1) is 0 Å². The fourth-order valence-electron chi connectivity index (χ4n) is 2.60. The van der Waals surface area contributed by atoms with Gasteiger partial charge in [-0.1, -0.05) is 0 Å². The molecule has 0 aliphatic carbocycles. The van der Waals surface area contributed by atoms with Crippen molar-refractivity contribution in [2.24, 2.45) is 0 Å². The normalized spacial score (nSPS) is 10.4. The maximum atomic E-state index is 12.3. The van der Waals surface area contributed by atoms with Crippen LogP contribution >= 0.6 is 0 Å². The number of hydrogen-bond donors (Lipinski definition) is 0. The maximum absolute atomic E-state index is 12.3. The number of rotatable bonds is 6. The van der Waals surface area contributed by atoms with Gasteiger partial charge in [0.2, 0.25) is 0 Å². The van der Waals surface area contributed by atoms with Gasteiger partial charge in [-0.3, -0.25) is 0 Å². The number of aryl methyl sites for hydroxylation is 1. The first-order chi connectivity index (χ1) is 12.6. The summed E-state index contributed by atoms with van der Waals surface area (Å²) >= 11 is 0. The minimum absolute atomic E-state index is 0.0965. The monoisotopic (exact) mass is 352 g/mol. The van der Waals surface area contributed by atoms with Crippen molar-refractivity contribution in [1.82, 2.24) is 9.78 Å². The molecule has 6 heteroatoms. The molecule has 0 aliphatic heterocycles. The number of aromatic nitrogens is 2. The lowest BCUT2D eigenvalue weighted by Crippen LogP contribution is -2.07. The summed E-state index contributed by atoms with van der Waals surface area (Å²) in [6.45, 7) is 2.07. The molecule has 0 saturated heterocycles. The molecule has 3 aromatic rings. The van der Waals surface area contributed by atoms with E-state index in [0.29, 0.717) is 17.1 Å². The summed E-state index contributed by atoms with van der Waals surface area (Å²) in [5, 5.41) is 4.25. The van der Waals surface area contributed by atoms with E-state index >= 15 is 0 Å². The average molecular weight is 352 g/mol. The van der Waals surface area contributed by atoms with Gasteiger partial charge in [0.25, 0.3) is 0 Å². The molecular formula is C20H20N2O4. The van der Waals surface area contributed by atoms with Gasteiger partial charge >= 0.3 is 5.97 Å². The number of nitrogens with zero attached hydrogens (tertiary/aromatic N) is 2. The van der Waals surface area contributed by atoms with Crippen molar-refractivity contribution >= 4 is 5.97 Å². The molecule has 0 saturated carbocycles. The molecule has 26 heavy (non-hydrogen) atoms. The molecule has 0 N–H and O–H groups in total. The van der Waals surface area contributed by atoms with Crippen LogP contribution < -0.4 is 9.47 Å². The minimum Gasteiger partial charge on any atom is -0.497 e. The highest BCUT2D eigenvalue weighted by Crippen LogP contribution is 2.25. The van der Waals surface area contributed by atoms with E-state index in [1.165, 1.54) is 0 Å². The van der Waals surface area contributed by atoms with E-state index in [2.05, 4.69) is 5.10 Å². The highest BCUT2D eigenvalue weighted by atomic mass is 16.5. The van der Waals surface area contributed by atoms with Gasteiger partial charge < -0.3 is 14.2 Å². The number of benzene rings is 2. The third-order valence-electron chi connectivity index (χ3n) is 4.03.